The van der Waals surface area contributed by atoms with E-state index in [-0.39, 0.29) is 18.2 Å². The fourth-order valence-electron chi connectivity index (χ4n) is 2.75. The highest BCUT2D eigenvalue weighted by molar-refractivity contribution is 6.01. The van der Waals surface area contributed by atoms with Crippen LogP contribution in [0.25, 0.3) is 5.65 Å². The Balaban J connectivity index is 1.76. The maximum Gasteiger partial charge on any atom is 0.387 e. The summed E-state index contributed by atoms with van der Waals surface area (Å²) < 4.78 is 30.3. The topological polar surface area (TPSA) is 68.5 Å². The molecule has 0 saturated heterocycles. The minimum Gasteiger partial charge on any atom is -0.435 e. The first-order valence-corrected chi connectivity index (χ1v) is 8.00. The Morgan fingerprint density at radius 1 is 1.23 bits per heavy atom. The van der Waals surface area contributed by atoms with Crippen LogP contribution in [-0.4, -0.2) is 27.1 Å². The number of aromatic nitrogens is 3. The van der Waals surface area contributed by atoms with Crippen LogP contribution in [0.2, 0.25) is 0 Å². The van der Waals surface area contributed by atoms with Crippen molar-refractivity contribution in [3.63, 3.8) is 0 Å². The minimum absolute atomic E-state index is 0.0729. The number of ether oxygens (including phenoxy) is 1. The molecule has 1 aromatic carbocycles. The lowest BCUT2D eigenvalue weighted by atomic mass is 10.2. The van der Waals surface area contributed by atoms with Crippen molar-refractivity contribution in [1.82, 2.24) is 19.9 Å². The molecule has 3 rings (SSSR count). The van der Waals surface area contributed by atoms with Crippen LogP contribution in [0, 0.1) is 20.8 Å². The Morgan fingerprint density at radius 3 is 2.58 bits per heavy atom. The van der Waals surface area contributed by atoms with Gasteiger partial charge in [-0.2, -0.15) is 13.9 Å². The number of hydrogen-bond acceptors (Lipinski definition) is 4. The molecule has 26 heavy (non-hydrogen) atoms. The van der Waals surface area contributed by atoms with E-state index in [0.29, 0.717) is 16.9 Å². The van der Waals surface area contributed by atoms with Crippen molar-refractivity contribution in [3.05, 3.63) is 58.5 Å². The van der Waals surface area contributed by atoms with Crippen LogP contribution in [0.3, 0.4) is 0 Å². The van der Waals surface area contributed by atoms with Gasteiger partial charge in [0.05, 0.1) is 5.69 Å². The first-order valence-electron chi connectivity index (χ1n) is 8.00. The molecule has 0 atom stereocenters. The molecule has 8 heteroatoms. The number of fused-ring (bicyclic) bond motifs is 1. The molecule has 3 aromatic rings. The van der Waals surface area contributed by atoms with Crippen molar-refractivity contribution < 1.29 is 18.3 Å². The van der Waals surface area contributed by atoms with E-state index in [2.05, 4.69) is 20.1 Å². The van der Waals surface area contributed by atoms with E-state index < -0.39 is 6.61 Å². The van der Waals surface area contributed by atoms with Gasteiger partial charge in [0, 0.05) is 17.9 Å². The molecule has 0 unspecified atom stereocenters. The molecule has 1 N–H and O–H groups in total. The largest absolute Gasteiger partial charge is 0.435 e. The third-order valence-electron chi connectivity index (χ3n) is 3.90. The van der Waals surface area contributed by atoms with Crippen molar-refractivity contribution in [2.24, 2.45) is 0 Å². The van der Waals surface area contributed by atoms with Crippen LogP contribution in [0.4, 0.5) is 8.78 Å². The molecule has 0 bridgehead atoms. The SMILES string of the molecule is Cc1cc(C)n2nc(C)c(C(=O)NCc3ccc(OC(F)F)cc3)c2n1. The number of alkyl halides is 2. The maximum absolute atomic E-state index is 12.6. The second kappa shape index (κ2) is 7.07. The van der Waals surface area contributed by atoms with Gasteiger partial charge in [0.1, 0.15) is 11.3 Å². The van der Waals surface area contributed by atoms with Gasteiger partial charge in [-0.05, 0) is 44.5 Å². The second-order valence-corrected chi connectivity index (χ2v) is 5.94. The van der Waals surface area contributed by atoms with Gasteiger partial charge >= 0.3 is 6.61 Å². The van der Waals surface area contributed by atoms with Gasteiger partial charge in [-0.25, -0.2) is 9.50 Å². The molecular formula is C18H18F2N4O2. The molecule has 2 heterocycles. The van der Waals surface area contributed by atoms with Crippen molar-refractivity contribution in [3.8, 4) is 5.75 Å². The number of nitrogens with one attached hydrogen (secondary N) is 1. The molecule has 136 valence electrons. The number of benzene rings is 1. The van der Waals surface area contributed by atoms with Crippen LogP contribution < -0.4 is 10.1 Å². The highest BCUT2D eigenvalue weighted by atomic mass is 19.3. The Labute approximate surface area is 148 Å². The molecule has 0 aliphatic heterocycles. The van der Waals surface area contributed by atoms with E-state index in [1.165, 1.54) is 12.1 Å². The average Bonchev–Trinajstić information content (AvgIpc) is 2.90. The quantitative estimate of drug-likeness (QED) is 0.759. The molecule has 0 spiro atoms. The highest BCUT2D eigenvalue weighted by Gasteiger charge is 2.19. The molecule has 2 aromatic heterocycles. The monoisotopic (exact) mass is 360 g/mol. The van der Waals surface area contributed by atoms with Crippen molar-refractivity contribution in [1.29, 1.82) is 0 Å². The number of amides is 1. The van der Waals surface area contributed by atoms with E-state index >= 15 is 0 Å². The summed E-state index contributed by atoms with van der Waals surface area (Å²) in [6.45, 7) is 2.90. The van der Waals surface area contributed by atoms with E-state index in [0.717, 1.165) is 17.0 Å². The molecule has 0 aliphatic rings. The summed E-state index contributed by atoms with van der Waals surface area (Å²) in [6.07, 6.45) is 0. The van der Waals surface area contributed by atoms with Crippen LogP contribution >= 0.6 is 0 Å². The zero-order chi connectivity index (χ0) is 18.8. The Bertz CT molecular complexity index is 952. The van der Waals surface area contributed by atoms with Gasteiger partial charge in [-0.15, -0.1) is 0 Å². The smallest absolute Gasteiger partial charge is 0.387 e. The highest BCUT2D eigenvalue weighted by Crippen LogP contribution is 2.17. The third kappa shape index (κ3) is 3.63. The third-order valence-corrected chi connectivity index (χ3v) is 3.90. The van der Waals surface area contributed by atoms with Crippen LogP contribution in [-0.2, 0) is 6.54 Å². The molecule has 0 aliphatic carbocycles. The van der Waals surface area contributed by atoms with Gasteiger partial charge in [0.15, 0.2) is 5.65 Å². The summed E-state index contributed by atoms with van der Waals surface area (Å²) in [5.41, 5.74) is 3.98. The number of hydrogen-bond donors (Lipinski definition) is 1. The second-order valence-electron chi connectivity index (χ2n) is 5.94. The zero-order valence-electron chi connectivity index (χ0n) is 14.6. The number of aryl methyl sites for hydroxylation is 3. The number of rotatable bonds is 5. The molecule has 1 amide bonds. The van der Waals surface area contributed by atoms with Crippen LogP contribution in [0.5, 0.6) is 5.75 Å². The van der Waals surface area contributed by atoms with E-state index in [1.54, 1.807) is 23.6 Å². The average molecular weight is 360 g/mol. The predicted octanol–water partition coefficient (Wildman–Crippen LogP) is 3.19. The lowest BCUT2D eigenvalue weighted by Gasteiger charge is -2.07. The normalized spacial score (nSPS) is 11.2. The van der Waals surface area contributed by atoms with Crippen LogP contribution in [0.15, 0.2) is 30.3 Å². The predicted molar refractivity (Wildman–Crippen MR) is 91.4 cm³/mol. The lowest BCUT2D eigenvalue weighted by Crippen LogP contribution is -2.23. The lowest BCUT2D eigenvalue weighted by molar-refractivity contribution is -0.0498. The zero-order valence-corrected chi connectivity index (χ0v) is 14.6. The minimum atomic E-state index is -2.86. The van der Waals surface area contributed by atoms with Crippen molar-refractivity contribution in [2.75, 3.05) is 0 Å². The fraction of sp³-hybridized carbons (Fsp3) is 0.278. The van der Waals surface area contributed by atoms with Gasteiger partial charge in [0.25, 0.3) is 5.91 Å². The summed E-state index contributed by atoms with van der Waals surface area (Å²) >= 11 is 0. The summed E-state index contributed by atoms with van der Waals surface area (Å²) in [7, 11) is 0. The van der Waals surface area contributed by atoms with Crippen LogP contribution in [0.1, 0.15) is 33.0 Å². The van der Waals surface area contributed by atoms with Gasteiger partial charge in [-0.1, -0.05) is 12.1 Å². The number of carbonyl (C=O) groups excluding carboxylic acids is 1. The summed E-state index contributed by atoms with van der Waals surface area (Å²) in [6, 6.07) is 8.00. The van der Waals surface area contributed by atoms with E-state index in [4.69, 9.17) is 0 Å². The number of halogens is 2. The number of nitrogens with zero attached hydrogens (tertiary/aromatic N) is 3. The Hall–Kier alpha value is -3.03. The van der Waals surface area contributed by atoms with Gasteiger partial charge in [-0.3, -0.25) is 4.79 Å². The molecule has 0 fully saturated rings. The summed E-state index contributed by atoms with van der Waals surface area (Å²) in [4.78, 5) is 17.0. The molecule has 0 radical (unpaired) electrons. The summed E-state index contributed by atoms with van der Waals surface area (Å²) in [5.74, 6) is -0.216. The van der Waals surface area contributed by atoms with E-state index in [1.807, 2.05) is 19.9 Å². The van der Waals surface area contributed by atoms with Crippen molar-refractivity contribution in [2.45, 2.75) is 33.9 Å². The first-order chi connectivity index (χ1) is 12.3. The Kier molecular flexibility index (Phi) is 4.83. The molecular weight excluding hydrogens is 342 g/mol. The Morgan fingerprint density at radius 2 is 1.92 bits per heavy atom. The standard InChI is InChI=1S/C18H18F2N4O2/c1-10-8-11(2)24-16(22-10)15(12(3)23-24)17(25)21-9-13-4-6-14(7-5-13)26-18(19)20/h4-8,18H,9H2,1-3H3,(H,21,25). The summed E-state index contributed by atoms with van der Waals surface area (Å²) in [5, 5.41) is 7.19. The number of carbonyl (C=O) groups is 1. The maximum atomic E-state index is 12.6. The molecule has 6 nitrogen and oxygen atoms in total. The van der Waals surface area contributed by atoms with Crippen molar-refractivity contribution >= 4 is 11.6 Å². The van der Waals surface area contributed by atoms with E-state index in [9.17, 15) is 13.6 Å². The van der Waals surface area contributed by atoms with Gasteiger partial charge < -0.3 is 10.1 Å². The van der Waals surface area contributed by atoms with Gasteiger partial charge in [0.2, 0.25) is 0 Å². The molecule has 0 saturated carbocycles. The first kappa shape index (κ1) is 17.8. The fourth-order valence-corrected chi connectivity index (χ4v) is 2.75.